The monoisotopic (exact) mass is 563 g/mol. The van der Waals surface area contributed by atoms with Crippen LogP contribution in [0.1, 0.15) is 155 Å². The molecule has 0 bridgehead atoms. The van der Waals surface area contributed by atoms with Gasteiger partial charge in [0.2, 0.25) is 5.91 Å². The summed E-state index contributed by atoms with van der Waals surface area (Å²) in [7, 11) is 0. The van der Waals surface area contributed by atoms with Gasteiger partial charge in [0, 0.05) is 0 Å². The van der Waals surface area contributed by atoms with Crippen LogP contribution in [0, 0.1) is 0 Å². The van der Waals surface area contributed by atoms with Crippen LogP contribution in [-0.2, 0) is 4.79 Å². The lowest BCUT2D eigenvalue weighted by molar-refractivity contribution is -0.131. The first-order chi connectivity index (χ1) is 19.6. The highest BCUT2D eigenvalue weighted by Crippen LogP contribution is 2.12. The summed E-state index contributed by atoms with van der Waals surface area (Å²) < 4.78 is 0. The van der Waals surface area contributed by atoms with E-state index in [2.05, 4.69) is 43.5 Å². The summed E-state index contributed by atoms with van der Waals surface area (Å²) >= 11 is 0. The zero-order valence-electron chi connectivity index (χ0n) is 26.2. The lowest BCUT2D eigenvalue weighted by atomic mass is 10.0. The Morgan fingerprint density at radius 3 is 1.55 bits per heavy atom. The maximum absolute atomic E-state index is 12.3. The Hall–Kier alpha value is -1.43. The standard InChI is InChI=1S/C35H65NO4/c1-3-5-7-9-11-13-15-16-17-18-19-20-22-24-26-28-30-34(39)35(40)36-32(31-37)33(38)29-27-25-23-21-14-12-10-8-6-4-2/h14,16-17,21,27,29,32-34,37-39H,3-13,15,18-20,22-26,28,30-31H2,1-2H3,(H,36,40)/b17-16-,21-14+,29-27+. The van der Waals surface area contributed by atoms with Crippen molar-refractivity contribution in [3.63, 3.8) is 0 Å². The molecule has 0 aromatic carbocycles. The first kappa shape index (κ1) is 38.6. The van der Waals surface area contributed by atoms with Crippen LogP contribution in [0.3, 0.4) is 0 Å². The van der Waals surface area contributed by atoms with E-state index in [9.17, 15) is 20.1 Å². The van der Waals surface area contributed by atoms with E-state index in [0.29, 0.717) is 6.42 Å². The molecule has 0 saturated heterocycles. The molecule has 5 heteroatoms. The van der Waals surface area contributed by atoms with Crippen LogP contribution >= 0.6 is 0 Å². The maximum atomic E-state index is 12.3. The van der Waals surface area contributed by atoms with Crippen LogP contribution in [0.4, 0.5) is 0 Å². The van der Waals surface area contributed by atoms with Gasteiger partial charge in [-0.05, 0) is 57.8 Å². The van der Waals surface area contributed by atoms with Gasteiger partial charge in [-0.15, -0.1) is 0 Å². The molecule has 1 amide bonds. The molecule has 3 unspecified atom stereocenters. The predicted molar refractivity (Wildman–Crippen MR) is 171 cm³/mol. The summed E-state index contributed by atoms with van der Waals surface area (Å²) in [6.45, 7) is 4.09. The molecule has 0 aromatic rings. The molecule has 0 fully saturated rings. The Balaban J connectivity index is 3.82. The largest absolute Gasteiger partial charge is 0.394 e. The zero-order valence-corrected chi connectivity index (χ0v) is 26.2. The van der Waals surface area contributed by atoms with Gasteiger partial charge < -0.3 is 20.6 Å². The van der Waals surface area contributed by atoms with Gasteiger partial charge in [0.15, 0.2) is 0 Å². The van der Waals surface area contributed by atoms with E-state index in [1.54, 1.807) is 6.08 Å². The third-order valence-corrected chi connectivity index (χ3v) is 7.45. The zero-order chi connectivity index (χ0) is 29.5. The topological polar surface area (TPSA) is 89.8 Å². The Morgan fingerprint density at radius 2 is 1.02 bits per heavy atom. The summed E-state index contributed by atoms with van der Waals surface area (Å²) in [5.74, 6) is -0.523. The van der Waals surface area contributed by atoms with Crippen molar-refractivity contribution in [1.29, 1.82) is 0 Å². The normalized spacial score (nSPS) is 14.4. The number of carbonyl (C=O) groups is 1. The van der Waals surface area contributed by atoms with Crippen LogP contribution in [0.15, 0.2) is 36.5 Å². The van der Waals surface area contributed by atoms with Gasteiger partial charge in [-0.25, -0.2) is 0 Å². The van der Waals surface area contributed by atoms with Crippen LogP contribution < -0.4 is 5.32 Å². The van der Waals surface area contributed by atoms with Gasteiger partial charge in [0.25, 0.3) is 0 Å². The number of rotatable bonds is 29. The van der Waals surface area contributed by atoms with Crippen molar-refractivity contribution in [3.8, 4) is 0 Å². The molecule has 40 heavy (non-hydrogen) atoms. The molecule has 234 valence electrons. The van der Waals surface area contributed by atoms with Gasteiger partial charge in [0.05, 0.1) is 18.8 Å². The first-order valence-electron chi connectivity index (χ1n) is 16.8. The number of hydrogen-bond acceptors (Lipinski definition) is 4. The molecular weight excluding hydrogens is 498 g/mol. The molecule has 0 aliphatic heterocycles. The fourth-order valence-electron chi connectivity index (χ4n) is 4.72. The third-order valence-electron chi connectivity index (χ3n) is 7.45. The van der Waals surface area contributed by atoms with Crippen molar-refractivity contribution in [2.45, 2.75) is 173 Å². The van der Waals surface area contributed by atoms with Crippen LogP contribution in [0.25, 0.3) is 0 Å². The van der Waals surface area contributed by atoms with E-state index >= 15 is 0 Å². The summed E-state index contributed by atoms with van der Waals surface area (Å²) in [5, 5.41) is 32.7. The van der Waals surface area contributed by atoms with Gasteiger partial charge >= 0.3 is 0 Å². The molecule has 0 saturated carbocycles. The van der Waals surface area contributed by atoms with Crippen LogP contribution in [0.2, 0.25) is 0 Å². The summed E-state index contributed by atoms with van der Waals surface area (Å²) in [4.78, 5) is 12.3. The Morgan fingerprint density at radius 1 is 0.600 bits per heavy atom. The van der Waals surface area contributed by atoms with Crippen molar-refractivity contribution in [3.05, 3.63) is 36.5 Å². The summed E-state index contributed by atoms with van der Waals surface area (Å²) in [5.41, 5.74) is 0. The molecule has 0 radical (unpaired) electrons. The van der Waals surface area contributed by atoms with E-state index in [-0.39, 0.29) is 6.61 Å². The van der Waals surface area contributed by atoms with Crippen LogP contribution in [0.5, 0.6) is 0 Å². The minimum atomic E-state index is -1.11. The van der Waals surface area contributed by atoms with E-state index < -0.39 is 24.2 Å². The Bertz CT molecular complexity index is 631. The number of carbonyl (C=O) groups excluding carboxylic acids is 1. The molecule has 4 N–H and O–H groups in total. The molecule has 0 spiro atoms. The molecule has 3 atom stereocenters. The number of aliphatic hydroxyl groups is 3. The molecular formula is C35H65NO4. The summed E-state index contributed by atoms with van der Waals surface area (Å²) in [6, 6.07) is -0.813. The quantitative estimate of drug-likeness (QED) is 0.0543. The van der Waals surface area contributed by atoms with E-state index in [4.69, 9.17) is 0 Å². The SMILES string of the molecule is CCCCCC/C=C/CC/C=C/C(O)C(CO)NC(=O)C(O)CCCCCCCC/C=C\CCCCCCCC. The van der Waals surface area contributed by atoms with Crippen molar-refractivity contribution in [2.24, 2.45) is 0 Å². The number of allylic oxidation sites excluding steroid dienone is 5. The number of unbranched alkanes of at least 4 members (excludes halogenated alkanes) is 17. The maximum Gasteiger partial charge on any atom is 0.249 e. The van der Waals surface area contributed by atoms with E-state index in [1.165, 1.54) is 89.9 Å². The second-order valence-corrected chi connectivity index (χ2v) is 11.4. The van der Waals surface area contributed by atoms with Gasteiger partial charge in [-0.3, -0.25) is 4.79 Å². The van der Waals surface area contributed by atoms with Crippen LogP contribution in [-0.4, -0.2) is 46.1 Å². The average Bonchev–Trinajstić information content (AvgIpc) is 2.96. The highest BCUT2D eigenvalue weighted by molar-refractivity contribution is 5.80. The minimum absolute atomic E-state index is 0.379. The number of hydrogen-bond donors (Lipinski definition) is 4. The molecule has 0 aliphatic rings. The third kappa shape index (κ3) is 25.5. The van der Waals surface area contributed by atoms with Crippen molar-refractivity contribution < 1.29 is 20.1 Å². The van der Waals surface area contributed by atoms with E-state index in [0.717, 1.165) is 44.9 Å². The van der Waals surface area contributed by atoms with Crippen molar-refractivity contribution in [2.75, 3.05) is 6.61 Å². The Labute approximate surface area is 247 Å². The number of amides is 1. The second-order valence-electron chi connectivity index (χ2n) is 11.4. The van der Waals surface area contributed by atoms with E-state index in [1.807, 2.05) is 6.08 Å². The fourth-order valence-corrected chi connectivity index (χ4v) is 4.72. The van der Waals surface area contributed by atoms with Crippen molar-refractivity contribution >= 4 is 5.91 Å². The smallest absolute Gasteiger partial charge is 0.249 e. The molecule has 0 heterocycles. The fraction of sp³-hybridized carbons (Fsp3) is 0.800. The molecule has 0 aromatic heterocycles. The van der Waals surface area contributed by atoms with Gasteiger partial charge in [-0.2, -0.15) is 0 Å². The molecule has 0 rings (SSSR count). The van der Waals surface area contributed by atoms with Gasteiger partial charge in [-0.1, -0.05) is 134 Å². The lowest BCUT2D eigenvalue weighted by Gasteiger charge is -2.21. The Kier molecular flexibility index (Phi) is 29.4. The predicted octanol–water partition coefficient (Wildman–Crippen LogP) is 8.48. The van der Waals surface area contributed by atoms with Crippen molar-refractivity contribution in [1.82, 2.24) is 5.32 Å². The average molecular weight is 564 g/mol. The lowest BCUT2D eigenvalue weighted by Crippen LogP contribution is -2.48. The minimum Gasteiger partial charge on any atom is -0.394 e. The number of aliphatic hydroxyl groups excluding tert-OH is 3. The summed E-state index contributed by atoms with van der Waals surface area (Å²) in [6.07, 6.45) is 35.8. The van der Waals surface area contributed by atoms with Gasteiger partial charge in [0.1, 0.15) is 6.10 Å². The highest BCUT2D eigenvalue weighted by atomic mass is 16.3. The first-order valence-corrected chi connectivity index (χ1v) is 16.8. The number of nitrogens with one attached hydrogen (secondary N) is 1. The molecule has 0 aliphatic carbocycles. The second kappa shape index (κ2) is 30.5. The molecule has 5 nitrogen and oxygen atoms in total. The highest BCUT2D eigenvalue weighted by Gasteiger charge is 2.22.